The first-order valence-corrected chi connectivity index (χ1v) is 5.78. The number of aryl methyl sites for hydroxylation is 1. The molecule has 4 nitrogen and oxygen atoms in total. The molecule has 2 aromatic rings. The van der Waals surface area contributed by atoms with E-state index in [0.717, 1.165) is 23.6 Å². The van der Waals surface area contributed by atoms with Gasteiger partial charge in [0, 0.05) is 13.0 Å². The Kier molecular flexibility index (Phi) is 3.54. The van der Waals surface area contributed by atoms with E-state index in [0.29, 0.717) is 17.8 Å². The van der Waals surface area contributed by atoms with Gasteiger partial charge in [-0.2, -0.15) is 5.26 Å². The third kappa shape index (κ3) is 2.83. The van der Waals surface area contributed by atoms with E-state index >= 15 is 0 Å². The molecular weight excluding hydrogens is 226 g/mol. The highest BCUT2D eigenvalue weighted by molar-refractivity contribution is 5.68. The summed E-state index contributed by atoms with van der Waals surface area (Å²) < 4.78 is 5.47. The summed E-state index contributed by atoms with van der Waals surface area (Å²) in [6.45, 7) is 2.64. The summed E-state index contributed by atoms with van der Waals surface area (Å²) >= 11 is 0. The summed E-state index contributed by atoms with van der Waals surface area (Å²) in [5.74, 6) is 1.85. The summed E-state index contributed by atoms with van der Waals surface area (Å²) in [7, 11) is 0. The number of nitriles is 1. The minimum atomic E-state index is 0.598. The molecule has 1 aromatic carbocycles. The van der Waals surface area contributed by atoms with E-state index in [2.05, 4.69) is 11.4 Å². The summed E-state index contributed by atoms with van der Waals surface area (Å²) in [4.78, 5) is 0. The predicted octanol–water partition coefficient (Wildman–Crippen LogP) is 2.70. The molecule has 1 aromatic heterocycles. The van der Waals surface area contributed by atoms with Crippen LogP contribution in [0.5, 0.6) is 0 Å². The molecule has 3 N–H and O–H groups in total. The molecular formula is C14H15N3O. The normalized spacial score (nSPS) is 10.0. The van der Waals surface area contributed by atoms with E-state index in [1.54, 1.807) is 18.2 Å². The molecule has 0 saturated heterocycles. The summed E-state index contributed by atoms with van der Waals surface area (Å²) in [6.07, 6.45) is 0.782. The number of nitrogens with one attached hydrogen (secondary N) is 1. The van der Waals surface area contributed by atoms with Gasteiger partial charge in [0.25, 0.3) is 0 Å². The lowest BCUT2D eigenvalue weighted by Crippen LogP contribution is -2.06. The molecule has 0 unspecified atom stereocenters. The zero-order valence-corrected chi connectivity index (χ0v) is 10.2. The van der Waals surface area contributed by atoms with Crippen LogP contribution in [0.1, 0.15) is 17.1 Å². The maximum Gasteiger partial charge on any atom is 0.105 e. The number of benzene rings is 1. The summed E-state index contributed by atoms with van der Waals surface area (Å²) in [6, 6.07) is 11.2. The molecule has 0 radical (unpaired) electrons. The number of rotatable bonds is 4. The maximum absolute atomic E-state index is 8.83. The van der Waals surface area contributed by atoms with Crippen LogP contribution in [0.25, 0.3) is 0 Å². The smallest absolute Gasteiger partial charge is 0.105 e. The second kappa shape index (κ2) is 5.28. The Morgan fingerprint density at radius 2 is 2.17 bits per heavy atom. The van der Waals surface area contributed by atoms with Gasteiger partial charge in [0.15, 0.2) is 0 Å². The Hall–Kier alpha value is -2.41. The zero-order valence-electron chi connectivity index (χ0n) is 10.2. The van der Waals surface area contributed by atoms with Crippen LogP contribution >= 0.6 is 0 Å². The molecule has 4 heteroatoms. The van der Waals surface area contributed by atoms with Crippen molar-refractivity contribution in [3.05, 3.63) is 47.4 Å². The van der Waals surface area contributed by atoms with Gasteiger partial charge >= 0.3 is 0 Å². The van der Waals surface area contributed by atoms with Crippen molar-refractivity contribution in [1.82, 2.24) is 0 Å². The molecule has 0 spiro atoms. The Labute approximate surface area is 106 Å². The maximum atomic E-state index is 8.83. The third-order valence-corrected chi connectivity index (χ3v) is 2.67. The molecule has 0 amide bonds. The van der Waals surface area contributed by atoms with E-state index in [4.69, 9.17) is 15.4 Å². The highest BCUT2D eigenvalue weighted by Gasteiger charge is 2.02. The Morgan fingerprint density at radius 1 is 1.33 bits per heavy atom. The van der Waals surface area contributed by atoms with Crippen LogP contribution in [0.4, 0.5) is 11.4 Å². The van der Waals surface area contributed by atoms with E-state index in [9.17, 15) is 0 Å². The van der Waals surface area contributed by atoms with Crippen LogP contribution in [0, 0.1) is 18.3 Å². The largest absolute Gasteiger partial charge is 0.466 e. The van der Waals surface area contributed by atoms with Crippen molar-refractivity contribution in [2.75, 3.05) is 17.6 Å². The van der Waals surface area contributed by atoms with Crippen molar-refractivity contribution < 1.29 is 4.42 Å². The molecule has 1 heterocycles. The molecule has 0 aliphatic heterocycles. The van der Waals surface area contributed by atoms with Gasteiger partial charge < -0.3 is 15.5 Å². The van der Waals surface area contributed by atoms with E-state index in [1.807, 2.05) is 19.1 Å². The van der Waals surface area contributed by atoms with Gasteiger partial charge in [0.05, 0.1) is 23.0 Å². The Morgan fingerprint density at radius 3 is 2.83 bits per heavy atom. The lowest BCUT2D eigenvalue weighted by molar-refractivity contribution is 0.486. The number of hydrogen-bond acceptors (Lipinski definition) is 4. The van der Waals surface area contributed by atoms with Gasteiger partial charge in [0.1, 0.15) is 11.5 Å². The lowest BCUT2D eigenvalue weighted by atomic mass is 10.2. The minimum absolute atomic E-state index is 0.598. The highest BCUT2D eigenvalue weighted by Crippen LogP contribution is 2.19. The number of nitrogens with two attached hydrogens (primary N) is 1. The quantitative estimate of drug-likeness (QED) is 0.807. The lowest BCUT2D eigenvalue weighted by Gasteiger charge is -2.08. The van der Waals surface area contributed by atoms with Crippen molar-refractivity contribution in [2.24, 2.45) is 0 Å². The first-order chi connectivity index (χ1) is 8.69. The number of nitrogen functional groups attached to an aromatic ring is 1. The molecule has 92 valence electrons. The van der Waals surface area contributed by atoms with E-state index < -0.39 is 0 Å². The van der Waals surface area contributed by atoms with Crippen molar-refractivity contribution >= 4 is 11.4 Å². The standard InChI is InChI=1S/C14H15N3O/c1-10-2-4-12(18-10)6-7-17-14-8-11(9-15)3-5-13(14)16/h2-5,8,17H,6-7,16H2,1H3. The van der Waals surface area contributed by atoms with Crippen molar-refractivity contribution in [2.45, 2.75) is 13.3 Å². The van der Waals surface area contributed by atoms with Gasteiger partial charge in [-0.1, -0.05) is 0 Å². The third-order valence-electron chi connectivity index (χ3n) is 2.67. The van der Waals surface area contributed by atoms with Crippen molar-refractivity contribution in [1.29, 1.82) is 5.26 Å². The average molecular weight is 241 g/mol. The summed E-state index contributed by atoms with van der Waals surface area (Å²) in [5.41, 5.74) is 7.86. The average Bonchev–Trinajstić information content (AvgIpc) is 2.77. The molecule has 0 aliphatic carbocycles. The zero-order chi connectivity index (χ0) is 13.0. The fourth-order valence-corrected chi connectivity index (χ4v) is 1.72. The first kappa shape index (κ1) is 12.1. The van der Waals surface area contributed by atoms with E-state index in [-0.39, 0.29) is 0 Å². The summed E-state index contributed by atoms with van der Waals surface area (Å²) in [5, 5.41) is 12.0. The molecule has 18 heavy (non-hydrogen) atoms. The van der Waals surface area contributed by atoms with Crippen LogP contribution in [0.2, 0.25) is 0 Å². The van der Waals surface area contributed by atoms with Crippen LogP contribution in [-0.2, 0) is 6.42 Å². The SMILES string of the molecule is Cc1ccc(CCNc2cc(C#N)ccc2N)o1. The number of anilines is 2. The highest BCUT2D eigenvalue weighted by atomic mass is 16.3. The fraction of sp³-hybridized carbons (Fsp3) is 0.214. The monoisotopic (exact) mass is 241 g/mol. The topological polar surface area (TPSA) is 75.0 Å². The van der Waals surface area contributed by atoms with Gasteiger partial charge in [-0.15, -0.1) is 0 Å². The molecule has 0 bridgehead atoms. The second-order valence-electron chi connectivity index (χ2n) is 4.10. The first-order valence-electron chi connectivity index (χ1n) is 5.78. The molecule has 2 rings (SSSR count). The predicted molar refractivity (Wildman–Crippen MR) is 71.2 cm³/mol. The van der Waals surface area contributed by atoms with Gasteiger partial charge in [-0.25, -0.2) is 0 Å². The van der Waals surface area contributed by atoms with Crippen LogP contribution in [0.3, 0.4) is 0 Å². The number of furan rings is 1. The Balaban J connectivity index is 1.96. The Bertz CT molecular complexity index is 581. The minimum Gasteiger partial charge on any atom is -0.466 e. The molecule has 0 fully saturated rings. The van der Waals surface area contributed by atoms with Gasteiger partial charge in [0.2, 0.25) is 0 Å². The van der Waals surface area contributed by atoms with Crippen molar-refractivity contribution in [3.8, 4) is 6.07 Å². The van der Waals surface area contributed by atoms with Crippen LogP contribution in [-0.4, -0.2) is 6.54 Å². The fourth-order valence-electron chi connectivity index (χ4n) is 1.72. The molecule has 0 atom stereocenters. The second-order valence-corrected chi connectivity index (χ2v) is 4.10. The van der Waals surface area contributed by atoms with Gasteiger partial charge in [-0.05, 0) is 37.3 Å². The number of nitrogens with zero attached hydrogens (tertiary/aromatic N) is 1. The van der Waals surface area contributed by atoms with Crippen LogP contribution in [0.15, 0.2) is 34.7 Å². The van der Waals surface area contributed by atoms with Crippen LogP contribution < -0.4 is 11.1 Å². The van der Waals surface area contributed by atoms with Gasteiger partial charge in [-0.3, -0.25) is 0 Å². The van der Waals surface area contributed by atoms with Crippen molar-refractivity contribution in [3.63, 3.8) is 0 Å². The number of hydrogen-bond donors (Lipinski definition) is 2. The van der Waals surface area contributed by atoms with E-state index in [1.165, 1.54) is 0 Å². The molecule has 0 saturated carbocycles. The molecule has 0 aliphatic rings.